The Balaban J connectivity index is 0.00000225. The second kappa shape index (κ2) is 8.93. The van der Waals surface area contributed by atoms with Crippen LogP contribution in [0.3, 0.4) is 0 Å². The van der Waals surface area contributed by atoms with Gasteiger partial charge in [0.15, 0.2) is 5.96 Å². The largest absolute Gasteiger partial charge is 0.497 e. The molecule has 2 fully saturated rings. The molecule has 0 bridgehead atoms. The van der Waals surface area contributed by atoms with Crippen molar-refractivity contribution in [3.63, 3.8) is 0 Å². The molecular formula is C18H28IN3O3. The maximum absolute atomic E-state index is 5.61. The number of guanidine groups is 1. The fourth-order valence-corrected chi connectivity index (χ4v) is 3.61. The first-order valence-corrected chi connectivity index (χ1v) is 8.44. The highest BCUT2D eigenvalue weighted by atomic mass is 127. The van der Waals surface area contributed by atoms with Gasteiger partial charge in [-0.2, -0.15) is 0 Å². The van der Waals surface area contributed by atoms with Crippen LogP contribution in [0.25, 0.3) is 0 Å². The molecule has 2 aliphatic heterocycles. The molecule has 2 saturated heterocycles. The van der Waals surface area contributed by atoms with Crippen LogP contribution in [0.1, 0.15) is 18.4 Å². The minimum atomic E-state index is 0. The van der Waals surface area contributed by atoms with Crippen LogP contribution < -0.4 is 14.8 Å². The van der Waals surface area contributed by atoms with E-state index in [-0.39, 0.29) is 24.0 Å². The van der Waals surface area contributed by atoms with Crippen molar-refractivity contribution in [1.82, 2.24) is 10.2 Å². The summed E-state index contributed by atoms with van der Waals surface area (Å²) in [4.78, 5) is 6.79. The Morgan fingerprint density at radius 2 is 2.16 bits per heavy atom. The number of aliphatic imine (C=N–C) groups is 1. The van der Waals surface area contributed by atoms with Crippen LogP contribution in [-0.2, 0) is 11.3 Å². The molecule has 6 nitrogen and oxygen atoms in total. The molecule has 1 N–H and O–H groups in total. The SMILES string of the molecule is CN=C(NCc1cc(OC)ccc1OC)N1CCC2(CCOC2)C1.I. The third kappa shape index (κ3) is 4.49. The Bertz CT molecular complexity index is 603. The molecule has 2 heterocycles. The van der Waals surface area contributed by atoms with Crippen LogP contribution in [-0.4, -0.2) is 58.4 Å². The van der Waals surface area contributed by atoms with Gasteiger partial charge < -0.3 is 24.4 Å². The number of halogens is 1. The average molecular weight is 461 g/mol. The van der Waals surface area contributed by atoms with Crippen LogP contribution in [0.5, 0.6) is 11.5 Å². The van der Waals surface area contributed by atoms with Gasteiger partial charge in [0, 0.05) is 44.3 Å². The van der Waals surface area contributed by atoms with E-state index in [1.807, 2.05) is 25.2 Å². The number of nitrogens with one attached hydrogen (secondary N) is 1. The van der Waals surface area contributed by atoms with Gasteiger partial charge in [0.25, 0.3) is 0 Å². The fourth-order valence-electron chi connectivity index (χ4n) is 3.61. The number of ether oxygens (including phenoxy) is 3. The molecule has 0 amide bonds. The molecule has 2 aliphatic rings. The maximum atomic E-state index is 5.61. The first-order chi connectivity index (χ1) is 11.7. The zero-order valence-electron chi connectivity index (χ0n) is 15.2. The highest BCUT2D eigenvalue weighted by Gasteiger charge is 2.42. The number of rotatable bonds is 4. The lowest BCUT2D eigenvalue weighted by Crippen LogP contribution is -2.41. The summed E-state index contributed by atoms with van der Waals surface area (Å²) in [5, 5.41) is 3.46. The van der Waals surface area contributed by atoms with Gasteiger partial charge in [0.1, 0.15) is 11.5 Å². The normalized spacial score (nSPS) is 22.8. The van der Waals surface area contributed by atoms with Gasteiger partial charge in [-0.25, -0.2) is 0 Å². The van der Waals surface area contributed by atoms with Gasteiger partial charge in [-0.05, 0) is 31.0 Å². The predicted molar refractivity (Wildman–Crippen MR) is 109 cm³/mol. The summed E-state index contributed by atoms with van der Waals surface area (Å²) in [5.74, 6) is 2.61. The minimum Gasteiger partial charge on any atom is -0.497 e. The predicted octanol–water partition coefficient (Wildman–Crippen LogP) is 2.51. The van der Waals surface area contributed by atoms with E-state index < -0.39 is 0 Å². The molecule has 3 rings (SSSR count). The van der Waals surface area contributed by atoms with Crippen molar-refractivity contribution < 1.29 is 14.2 Å². The fraction of sp³-hybridized carbons (Fsp3) is 0.611. The number of likely N-dealkylation sites (tertiary alicyclic amines) is 1. The van der Waals surface area contributed by atoms with E-state index in [0.29, 0.717) is 12.0 Å². The zero-order valence-corrected chi connectivity index (χ0v) is 17.5. The third-order valence-electron chi connectivity index (χ3n) is 5.06. The number of hydrogen-bond donors (Lipinski definition) is 1. The minimum absolute atomic E-state index is 0. The van der Waals surface area contributed by atoms with Gasteiger partial charge in [0.05, 0.1) is 20.8 Å². The number of benzene rings is 1. The van der Waals surface area contributed by atoms with E-state index in [0.717, 1.165) is 55.7 Å². The summed E-state index contributed by atoms with van der Waals surface area (Å²) in [6, 6.07) is 5.83. The molecule has 0 saturated carbocycles. The molecule has 1 unspecified atom stereocenters. The van der Waals surface area contributed by atoms with E-state index in [4.69, 9.17) is 14.2 Å². The Kier molecular flexibility index (Phi) is 7.18. The van der Waals surface area contributed by atoms with Gasteiger partial charge in [0.2, 0.25) is 0 Å². The van der Waals surface area contributed by atoms with Gasteiger partial charge in [-0.1, -0.05) is 0 Å². The Morgan fingerprint density at radius 3 is 2.80 bits per heavy atom. The second-order valence-corrected chi connectivity index (χ2v) is 6.55. The second-order valence-electron chi connectivity index (χ2n) is 6.55. The van der Waals surface area contributed by atoms with E-state index in [1.165, 1.54) is 6.42 Å². The maximum Gasteiger partial charge on any atom is 0.193 e. The van der Waals surface area contributed by atoms with E-state index in [9.17, 15) is 0 Å². The quantitative estimate of drug-likeness (QED) is 0.425. The molecule has 0 aromatic heterocycles. The van der Waals surface area contributed by atoms with Crippen LogP contribution >= 0.6 is 24.0 Å². The van der Waals surface area contributed by atoms with Crippen molar-refractivity contribution in [1.29, 1.82) is 0 Å². The lowest BCUT2D eigenvalue weighted by Gasteiger charge is -2.25. The summed E-state index contributed by atoms with van der Waals surface area (Å²) < 4.78 is 16.4. The third-order valence-corrected chi connectivity index (χ3v) is 5.06. The lowest BCUT2D eigenvalue weighted by molar-refractivity contribution is 0.156. The molecule has 25 heavy (non-hydrogen) atoms. The average Bonchev–Trinajstić information content (AvgIpc) is 3.25. The van der Waals surface area contributed by atoms with Crippen molar-refractivity contribution in [2.45, 2.75) is 19.4 Å². The molecule has 1 spiro atoms. The van der Waals surface area contributed by atoms with E-state index >= 15 is 0 Å². The first-order valence-electron chi connectivity index (χ1n) is 8.44. The molecule has 0 radical (unpaired) electrons. The monoisotopic (exact) mass is 461 g/mol. The molecule has 1 aromatic rings. The number of hydrogen-bond acceptors (Lipinski definition) is 4. The van der Waals surface area contributed by atoms with Crippen LogP contribution in [0.4, 0.5) is 0 Å². The van der Waals surface area contributed by atoms with E-state index in [1.54, 1.807) is 14.2 Å². The molecule has 1 aromatic carbocycles. The van der Waals surface area contributed by atoms with Crippen molar-refractivity contribution >= 4 is 29.9 Å². The van der Waals surface area contributed by atoms with Crippen LogP contribution in [0.2, 0.25) is 0 Å². The highest BCUT2D eigenvalue weighted by Crippen LogP contribution is 2.38. The summed E-state index contributed by atoms with van der Waals surface area (Å²) in [5.41, 5.74) is 1.38. The number of nitrogens with zero attached hydrogens (tertiary/aromatic N) is 2. The van der Waals surface area contributed by atoms with Gasteiger partial charge >= 0.3 is 0 Å². The smallest absolute Gasteiger partial charge is 0.193 e. The lowest BCUT2D eigenvalue weighted by atomic mass is 9.87. The van der Waals surface area contributed by atoms with Gasteiger partial charge in [-0.15, -0.1) is 24.0 Å². The van der Waals surface area contributed by atoms with Crippen LogP contribution in [0, 0.1) is 5.41 Å². The van der Waals surface area contributed by atoms with Gasteiger partial charge in [-0.3, -0.25) is 4.99 Å². The summed E-state index contributed by atoms with van der Waals surface area (Å²) in [7, 11) is 5.19. The topological polar surface area (TPSA) is 55.3 Å². The molecule has 0 aliphatic carbocycles. The standard InChI is InChI=1S/C18H27N3O3.HI/c1-19-17(21-8-6-18(12-21)7-9-24-13-18)20-11-14-10-15(22-2)4-5-16(14)23-3;/h4-5,10H,6-9,11-13H2,1-3H3,(H,19,20);1H. The Morgan fingerprint density at radius 1 is 1.32 bits per heavy atom. The molecule has 1 atom stereocenters. The van der Waals surface area contributed by atoms with Crippen LogP contribution in [0.15, 0.2) is 23.2 Å². The zero-order chi connectivity index (χ0) is 17.0. The Labute approximate surface area is 166 Å². The van der Waals surface area contributed by atoms with Crippen molar-refractivity contribution in [2.24, 2.45) is 10.4 Å². The summed E-state index contributed by atoms with van der Waals surface area (Å²) in [6.45, 7) is 4.46. The molecule has 140 valence electrons. The summed E-state index contributed by atoms with van der Waals surface area (Å²) in [6.07, 6.45) is 2.33. The van der Waals surface area contributed by atoms with Crippen molar-refractivity contribution in [2.75, 3.05) is 47.6 Å². The summed E-state index contributed by atoms with van der Waals surface area (Å²) >= 11 is 0. The highest BCUT2D eigenvalue weighted by molar-refractivity contribution is 14.0. The Hall–Kier alpha value is -1.22. The van der Waals surface area contributed by atoms with E-state index in [2.05, 4.69) is 15.2 Å². The van der Waals surface area contributed by atoms with Crippen molar-refractivity contribution in [3.8, 4) is 11.5 Å². The molecular weight excluding hydrogens is 433 g/mol. The number of methoxy groups -OCH3 is 2. The first kappa shape index (κ1) is 20.1. The molecule has 7 heteroatoms. The van der Waals surface area contributed by atoms with Crippen molar-refractivity contribution in [3.05, 3.63) is 23.8 Å².